The van der Waals surface area contributed by atoms with Crippen molar-refractivity contribution in [2.45, 2.75) is 12.8 Å². The molecule has 1 aliphatic rings. The summed E-state index contributed by atoms with van der Waals surface area (Å²) in [5.41, 5.74) is 3.28. The number of benzene rings is 2. The van der Waals surface area contributed by atoms with Gasteiger partial charge in [-0.15, -0.1) is 0 Å². The second-order valence-electron chi connectivity index (χ2n) is 5.42. The summed E-state index contributed by atoms with van der Waals surface area (Å²) >= 11 is 0. The quantitative estimate of drug-likeness (QED) is 0.909. The molecule has 0 aliphatic carbocycles. The first-order chi connectivity index (χ1) is 11.2. The molecule has 2 aromatic carbocycles. The predicted molar refractivity (Wildman–Crippen MR) is 87.8 cm³/mol. The van der Waals surface area contributed by atoms with Crippen molar-refractivity contribution in [1.82, 2.24) is 5.32 Å². The van der Waals surface area contributed by atoms with Gasteiger partial charge in [0.15, 0.2) is 0 Å². The molecule has 23 heavy (non-hydrogen) atoms. The minimum Gasteiger partial charge on any atom is -0.493 e. The third-order valence-electron chi connectivity index (χ3n) is 3.81. The van der Waals surface area contributed by atoms with Crippen molar-refractivity contribution in [2.75, 3.05) is 19.0 Å². The van der Waals surface area contributed by atoms with Crippen LogP contribution in [0.25, 0.3) is 0 Å². The average Bonchev–Trinajstić information content (AvgIpc) is 3.04. The molecule has 0 aromatic heterocycles. The van der Waals surface area contributed by atoms with Crippen LogP contribution in [0.15, 0.2) is 42.5 Å². The van der Waals surface area contributed by atoms with Crippen molar-refractivity contribution in [2.24, 2.45) is 0 Å². The lowest BCUT2D eigenvalue weighted by molar-refractivity contribution is -0.119. The van der Waals surface area contributed by atoms with E-state index in [1.807, 2.05) is 24.3 Å². The van der Waals surface area contributed by atoms with E-state index < -0.39 is 0 Å². The largest absolute Gasteiger partial charge is 0.493 e. The van der Waals surface area contributed by atoms with Gasteiger partial charge in [0.2, 0.25) is 5.91 Å². The molecule has 2 aromatic rings. The van der Waals surface area contributed by atoms with Crippen LogP contribution in [0.1, 0.15) is 21.5 Å². The molecule has 2 N–H and O–H groups in total. The highest BCUT2D eigenvalue weighted by Gasteiger charge is 2.15. The monoisotopic (exact) mass is 310 g/mol. The van der Waals surface area contributed by atoms with Crippen LogP contribution in [0.3, 0.4) is 0 Å². The first kappa shape index (κ1) is 15.1. The van der Waals surface area contributed by atoms with Crippen molar-refractivity contribution >= 4 is 17.5 Å². The van der Waals surface area contributed by atoms with E-state index in [2.05, 4.69) is 10.6 Å². The average molecular weight is 310 g/mol. The van der Waals surface area contributed by atoms with E-state index in [-0.39, 0.29) is 11.8 Å². The number of hydrogen-bond donors (Lipinski definition) is 2. The third-order valence-corrected chi connectivity index (χ3v) is 3.81. The Morgan fingerprint density at radius 3 is 2.65 bits per heavy atom. The fourth-order valence-corrected chi connectivity index (χ4v) is 2.51. The Hall–Kier alpha value is -2.82. The lowest BCUT2D eigenvalue weighted by Crippen LogP contribution is -2.19. The van der Waals surface area contributed by atoms with Crippen LogP contribution in [0.5, 0.6) is 5.75 Å². The fourth-order valence-electron chi connectivity index (χ4n) is 2.51. The Kier molecular flexibility index (Phi) is 4.28. The SMILES string of the molecule is CNC(=O)Cc1ccc(NC(=O)c2ccc3c(c2)CCO3)cc1. The van der Waals surface area contributed by atoms with E-state index in [1.54, 1.807) is 25.2 Å². The third kappa shape index (κ3) is 3.51. The summed E-state index contributed by atoms with van der Waals surface area (Å²) in [6, 6.07) is 12.7. The van der Waals surface area contributed by atoms with E-state index in [9.17, 15) is 9.59 Å². The van der Waals surface area contributed by atoms with Crippen molar-refractivity contribution in [1.29, 1.82) is 0 Å². The number of ether oxygens (including phenoxy) is 1. The maximum Gasteiger partial charge on any atom is 0.255 e. The first-order valence-electron chi connectivity index (χ1n) is 7.52. The standard InChI is InChI=1S/C18H18N2O3/c1-19-17(21)10-12-2-5-15(6-3-12)20-18(22)14-4-7-16-13(11-14)8-9-23-16/h2-7,11H,8-10H2,1H3,(H,19,21)(H,20,22). The second kappa shape index (κ2) is 6.52. The summed E-state index contributed by atoms with van der Waals surface area (Å²) in [6.07, 6.45) is 1.17. The number of anilines is 1. The van der Waals surface area contributed by atoms with Gasteiger partial charge in [-0.25, -0.2) is 0 Å². The number of fused-ring (bicyclic) bond motifs is 1. The van der Waals surface area contributed by atoms with Gasteiger partial charge < -0.3 is 15.4 Å². The normalized spacial score (nSPS) is 12.2. The summed E-state index contributed by atoms with van der Waals surface area (Å²) in [6.45, 7) is 0.674. The van der Waals surface area contributed by atoms with Gasteiger partial charge in [0.05, 0.1) is 13.0 Å². The molecule has 0 radical (unpaired) electrons. The highest BCUT2D eigenvalue weighted by atomic mass is 16.5. The van der Waals surface area contributed by atoms with E-state index in [4.69, 9.17) is 4.74 Å². The van der Waals surface area contributed by atoms with Crippen molar-refractivity contribution in [3.63, 3.8) is 0 Å². The number of carbonyl (C=O) groups is 2. The zero-order valence-electron chi connectivity index (χ0n) is 12.9. The molecular formula is C18H18N2O3. The number of hydrogen-bond acceptors (Lipinski definition) is 3. The van der Waals surface area contributed by atoms with Crippen molar-refractivity contribution in [3.8, 4) is 5.75 Å². The molecule has 5 heteroatoms. The van der Waals surface area contributed by atoms with Gasteiger partial charge in [-0.3, -0.25) is 9.59 Å². The zero-order chi connectivity index (χ0) is 16.2. The molecular weight excluding hydrogens is 292 g/mol. The number of likely N-dealkylation sites (N-methyl/N-ethyl adjacent to an activating group) is 1. The highest BCUT2D eigenvalue weighted by molar-refractivity contribution is 6.04. The van der Waals surface area contributed by atoms with Crippen molar-refractivity contribution < 1.29 is 14.3 Å². The predicted octanol–water partition coefficient (Wildman–Crippen LogP) is 2.16. The number of carbonyl (C=O) groups excluding carboxylic acids is 2. The summed E-state index contributed by atoms with van der Waals surface area (Å²) in [5, 5.41) is 5.45. The van der Waals surface area contributed by atoms with Crippen molar-refractivity contribution in [3.05, 3.63) is 59.2 Å². The zero-order valence-corrected chi connectivity index (χ0v) is 12.9. The molecule has 0 atom stereocenters. The van der Waals surface area contributed by atoms with Crippen LogP contribution in [0.2, 0.25) is 0 Å². The van der Waals surface area contributed by atoms with Gasteiger partial charge in [-0.1, -0.05) is 12.1 Å². The van der Waals surface area contributed by atoms with Crippen LogP contribution in [-0.2, 0) is 17.6 Å². The van der Waals surface area contributed by atoms with Gasteiger partial charge in [0.1, 0.15) is 5.75 Å². The Labute approximate surface area is 134 Å². The summed E-state index contributed by atoms with van der Waals surface area (Å²) in [7, 11) is 1.61. The summed E-state index contributed by atoms with van der Waals surface area (Å²) < 4.78 is 5.44. The number of rotatable bonds is 4. The maximum atomic E-state index is 12.3. The van der Waals surface area contributed by atoms with Crippen LogP contribution in [-0.4, -0.2) is 25.5 Å². The van der Waals surface area contributed by atoms with Crippen LogP contribution < -0.4 is 15.4 Å². The molecule has 0 saturated carbocycles. The Bertz CT molecular complexity index is 738. The molecule has 0 fully saturated rings. The molecule has 0 spiro atoms. The van der Waals surface area contributed by atoms with Crippen LogP contribution in [0, 0.1) is 0 Å². The van der Waals surface area contributed by atoms with Crippen LogP contribution in [0.4, 0.5) is 5.69 Å². The molecule has 2 amide bonds. The van der Waals surface area contributed by atoms with Gasteiger partial charge in [-0.2, -0.15) is 0 Å². The number of amides is 2. The molecule has 0 unspecified atom stereocenters. The van der Waals surface area contributed by atoms with Gasteiger partial charge in [-0.05, 0) is 41.5 Å². The van der Waals surface area contributed by atoms with E-state index >= 15 is 0 Å². The van der Waals surface area contributed by atoms with Gasteiger partial charge in [0, 0.05) is 24.7 Å². The summed E-state index contributed by atoms with van der Waals surface area (Å²) in [5.74, 6) is 0.668. The lowest BCUT2D eigenvalue weighted by atomic mass is 10.1. The topological polar surface area (TPSA) is 67.4 Å². The first-order valence-corrected chi connectivity index (χ1v) is 7.52. The molecule has 0 bridgehead atoms. The number of nitrogens with one attached hydrogen (secondary N) is 2. The van der Waals surface area contributed by atoms with E-state index in [0.717, 1.165) is 23.3 Å². The molecule has 1 heterocycles. The highest BCUT2D eigenvalue weighted by Crippen LogP contribution is 2.26. The van der Waals surface area contributed by atoms with Gasteiger partial charge >= 0.3 is 0 Å². The Balaban J connectivity index is 1.67. The van der Waals surface area contributed by atoms with E-state index in [0.29, 0.717) is 24.3 Å². The van der Waals surface area contributed by atoms with E-state index in [1.165, 1.54) is 0 Å². The molecule has 3 rings (SSSR count). The Morgan fingerprint density at radius 1 is 1.13 bits per heavy atom. The summed E-state index contributed by atoms with van der Waals surface area (Å²) in [4.78, 5) is 23.6. The maximum absolute atomic E-state index is 12.3. The fraction of sp³-hybridized carbons (Fsp3) is 0.222. The molecule has 0 saturated heterocycles. The molecule has 5 nitrogen and oxygen atoms in total. The lowest BCUT2D eigenvalue weighted by Gasteiger charge is -2.08. The second-order valence-corrected chi connectivity index (χ2v) is 5.42. The van der Waals surface area contributed by atoms with Gasteiger partial charge in [0.25, 0.3) is 5.91 Å². The van der Waals surface area contributed by atoms with Crippen LogP contribution >= 0.6 is 0 Å². The minimum atomic E-state index is -0.154. The minimum absolute atomic E-state index is 0.0397. The Morgan fingerprint density at radius 2 is 1.91 bits per heavy atom. The molecule has 118 valence electrons. The molecule has 1 aliphatic heterocycles. The smallest absolute Gasteiger partial charge is 0.255 e.